The summed E-state index contributed by atoms with van der Waals surface area (Å²) >= 11 is 3.58. The van der Waals surface area contributed by atoms with Crippen molar-refractivity contribution < 1.29 is 4.74 Å². The molecule has 0 radical (unpaired) electrons. The van der Waals surface area contributed by atoms with Crippen LogP contribution in [0.1, 0.15) is 25.8 Å². The van der Waals surface area contributed by atoms with Gasteiger partial charge in [0.25, 0.3) is 0 Å². The molecule has 0 aliphatic heterocycles. The molecule has 0 atom stereocenters. The molecule has 0 saturated heterocycles. The predicted molar refractivity (Wildman–Crippen MR) is 108 cm³/mol. The molecule has 1 rings (SSSR count). The number of guanidine groups is 1. The maximum absolute atomic E-state index is 5.53. The summed E-state index contributed by atoms with van der Waals surface area (Å²) in [6, 6.07) is 8.25. The van der Waals surface area contributed by atoms with Crippen molar-refractivity contribution in [3.05, 3.63) is 34.3 Å². The van der Waals surface area contributed by atoms with E-state index in [9.17, 15) is 0 Å². The second-order valence-electron chi connectivity index (χ2n) is 5.19. The second kappa shape index (κ2) is 12.1. The fraction of sp³-hybridized carbons (Fsp3) is 0.562. The van der Waals surface area contributed by atoms with Crippen LogP contribution in [0.4, 0.5) is 0 Å². The number of nitrogens with zero attached hydrogens (tertiary/aromatic N) is 2. The normalized spacial score (nSPS) is 11.3. The Kier molecular flexibility index (Phi) is 11.9. The lowest BCUT2D eigenvalue weighted by Crippen LogP contribution is -2.39. The molecule has 4 nitrogen and oxygen atoms in total. The van der Waals surface area contributed by atoms with Gasteiger partial charge >= 0.3 is 0 Å². The van der Waals surface area contributed by atoms with Gasteiger partial charge in [-0.15, -0.1) is 24.0 Å². The van der Waals surface area contributed by atoms with Gasteiger partial charge in [0.05, 0.1) is 6.10 Å². The van der Waals surface area contributed by atoms with E-state index in [1.165, 1.54) is 5.56 Å². The zero-order valence-electron chi connectivity index (χ0n) is 13.8. The van der Waals surface area contributed by atoms with Crippen LogP contribution in [-0.2, 0) is 11.3 Å². The molecular weight excluding hydrogens is 457 g/mol. The Morgan fingerprint density at radius 3 is 2.64 bits per heavy atom. The molecule has 0 spiro atoms. The highest BCUT2D eigenvalue weighted by atomic mass is 127. The second-order valence-corrected chi connectivity index (χ2v) is 6.05. The largest absolute Gasteiger partial charge is 0.379 e. The van der Waals surface area contributed by atoms with Crippen LogP contribution in [0.5, 0.6) is 0 Å². The monoisotopic (exact) mass is 483 g/mol. The third kappa shape index (κ3) is 8.33. The Morgan fingerprint density at radius 1 is 1.36 bits per heavy atom. The predicted octanol–water partition coefficient (Wildman–Crippen LogP) is 3.89. The minimum absolute atomic E-state index is 0. The van der Waals surface area contributed by atoms with E-state index in [0.717, 1.165) is 36.5 Å². The van der Waals surface area contributed by atoms with Crippen LogP contribution in [0.3, 0.4) is 0 Å². The van der Waals surface area contributed by atoms with E-state index < -0.39 is 0 Å². The van der Waals surface area contributed by atoms with Gasteiger partial charge in [-0.05, 0) is 31.9 Å². The fourth-order valence-corrected chi connectivity index (χ4v) is 2.34. The van der Waals surface area contributed by atoms with Crippen LogP contribution >= 0.6 is 39.9 Å². The van der Waals surface area contributed by atoms with E-state index in [0.29, 0.717) is 6.10 Å². The van der Waals surface area contributed by atoms with Gasteiger partial charge in [0.15, 0.2) is 5.96 Å². The number of nitrogens with one attached hydrogen (secondary N) is 1. The van der Waals surface area contributed by atoms with E-state index in [1.54, 1.807) is 0 Å². The van der Waals surface area contributed by atoms with Crippen LogP contribution in [-0.4, -0.2) is 44.2 Å². The minimum atomic E-state index is 0. The smallest absolute Gasteiger partial charge is 0.193 e. The lowest BCUT2D eigenvalue weighted by Gasteiger charge is -2.22. The Bertz CT molecular complexity index is 455. The third-order valence-electron chi connectivity index (χ3n) is 2.99. The van der Waals surface area contributed by atoms with Crippen molar-refractivity contribution in [1.82, 2.24) is 10.2 Å². The summed E-state index contributed by atoms with van der Waals surface area (Å²) in [7, 11) is 3.85. The Hall–Kier alpha value is -0.340. The lowest BCUT2D eigenvalue weighted by molar-refractivity contribution is 0.0776. The van der Waals surface area contributed by atoms with Gasteiger partial charge in [-0.3, -0.25) is 4.99 Å². The molecule has 0 heterocycles. The van der Waals surface area contributed by atoms with Crippen LogP contribution in [0.25, 0.3) is 0 Å². The number of benzene rings is 1. The average Bonchev–Trinajstić information content (AvgIpc) is 2.45. The summed E-state index contributed by atoms with van der Waals surface area (Å²) in [5, 5.41) is 3.36. The molecule has 0 unspecified atom stereocenters. The quantitative estimate of drug-likeness (QED) is 0.276. The first-order chi connectivity index (χ1) is 10.0. The fourth-order valence-electron chi connectivity index (χ4n) is 1.93. The van der Waals surface area contributed by atoms with E-state index in [2.05, 4.69) is 57.1 Å². The summed E-state index contributed by atoms with van der Waals surface area (Å²) in [5.41, 5.74) is 1.24. The maximum Gasteiger partial charge on any atom is 0.193 e. The molecule has 126 valence electrons. The van der Waals surface area contributed by atoms with Crippen molar-refractivity contribution in [2.75, 3.05) is 27.2 Å². The van der Waals surface area contributed by atoms with Gasteiger partial charge in [-0.25, -0.2) is 0 Å². The van der Waals surface area contributed by atoms with E-state index in [1.807, 2.05) is 26.2 Å². The number of ether oxygens (including phenoxy) is 1. The zero-order valence-corrected chi connectivity index (χ0v) is 17.7. The molecule has 0 aliphatic rings. The molecule has 0 aliphatic carbocycles. The Balaban J connectivity index is 0.00000441. The lowest BCUT2D eigenvalue weighted by atomic mass is 10.2. The van der Waals surface area contributed by atoms with Gasteiger partial charge in [-0.1, -0.05) is 34.1 Å². The molecule has 0 amide bonds. The standard InChI is InChI=1S/C16H26BrN3O.HI/c1-13(2)21-11-7-10-19-16(18-3)20(4)12-14-8-5-6-9-15(14)17;/h5-6,8-9,13H,7,10-12H2,1-4H3,(H,18,19);1H. The molecule has 0 aromatic heterocycles. The van der Waals surface area contributed by atoms with Gasteiger partial charge in [0.1, 0.15) is 0 Å². The van der Waals surface area contributed by atoms with Crippen molar-refractivity contribution in [2.24, 2.45) is 4.99 Å². The zero-order chi connectivity index (χ0) is 15.7. The number of hydrogen-bond acceptors (Lipinski definition) is 2. The van der Waals surface area contributed by atoms with E-state index in [-0.39, 0.29) is 24.0 Å². The minimum Gasteiger partial charge on any atom is -0.379 e. The van der Waals surface area contributed by atoms with E-state index in [4.69, 9.17) is 4.74 Å². The molecule has 22 heavy (non-hydrogen) atoms. The third-order valence-corrected chi connectivity index (χ3v) is 3.77. The molecule has 0 saturated carbocycles. The summed E-state index contributed by atoms with van der Waals surface area (Å²) in [6.45, 7) is 6.55. The summed E-state index contributed by atoms with van der Waals surface area (Å²) in [6.07, 6.45) is 1.27. The molecule has 0 fully saturated rings. The SMILES string of the molecule is CN=C(NCCCOC(C)C)N(C)Cc1ccccc1Br.I. The highest BCUT2D eigenvalue weighted by Crippen LogP contribution is 2.17. The number of aliphatic imine (C=N–C) groups is 1. The molecule has 1 N–H and O–H groups in total. The van der Waals surface area contributed by atoms with Gasteiger partial charge in [0, 0.05) is 38.3 Å². The number of halogens is 2. The number of hydrogen-bond donors (Lipinski definition) is 1. The summed E-state index contributed by atoms with van der Waals surface area (Å²) < 4.78 is 6.65. The van der Waals surface area contributed by atoms with Crippen molar-refractivity contribution >= 4 is 45.9 Å². The molecule has 1 aromatic rings. The van der Waals surface area contributed by atoms with Crippen LogP contribution < -0.4 is 5.32 Å². The van der Waals surface area contributed by atoms with Crippen molar-refractivity contribution in [3.8, 4) is 0 Å². The first-order valence-corrected chi connectivity index (χ1v) is 8.10. The Labute approximate surface area is 159 Å². The topological polar surface area (TPSA) is 36.9 Å². The molecular formula is C16H27BrIN3O. The first kappa shape index (κ1) is 21.7. The average molecular weight is 484 g/mol. The first-order valence-electron chi connectivity index (χ1n) is 7.31. The number of rotatable bonds is 7. The highest BCUT2D eigenvalue weighted by molar-refractivity contribution is 14.0. The summed E-state index contributed by atoms with van der Waals surface area (Å²) in [4.78, 5) is 6.44. The Morgan fingerprint density at radius 2 is 2.05 bits per heavy atom. The van der Waals surface area contributed by atoms with Crippen molar-refractivity contribution in [1.29, 1.82) is 0 Å². The van der Waals surface area contributed by atoms with E-state index >= 15 is 0 Å². The van der Waals surface area contributed by atoms with Crippen molar-refractivity contribution in [3.63, 3.8) is 0 Å². The van der Waals surface area contributed by atoms with Crippen LogP contribution in [0, 0.1) is 0 Å². The molecule has 0 bridgehead atoms. The highest BCUT2D eigenvalue weighted by Gasteiger charge is 2.08. The maximum atomic E-state index is 5.53. The van der Waals surface area contributed by atoms with Crippen molar-refractivity contribution in [2.45, 2.75) is 32.9 Å². The molecule has 1 aromatic carbocycles. The van der Waals surface area contributed by atoms with Gasteiger partial charge in [-0.2, -0.15) is 0 Å². The molecule has 6 heteroatoms. The van der Waals surface area contributed by atoms with Crippen LogP contribution in [0.2, 0.25) is 0 Å². The van der Waals surface area contributed by atoms with Gasteiger partial charge in [0.2, 0.25) is 0 Å². The summed E-state index contributed by atoms with van der Waals surface area (Å²) in [5.74, 6) is 0.898. The van der Waals surface area contributed by atoms with Gasteiger partial charge < -0.3 is 15.0 Å². The van der Waals surface area contributed by atoms with Crippen LogP contribution in [0.15, 0.2) is 33.7 Å².